The second kappa shape index (κ2) is 8.20. The van der Waals surface area contributed by atoms with Crippen molar-refractivity contribution in [3.8, 4) is 0 Å². The molecule has 1 aromatic heterocycles. The second-order valence-electron chi connectivity index (χ2n) is 6.36. The Hall–Kier alpha value is -2.28. The molecule has 7 heteroatoms. The highest BCUT2D eigenvalue weighted by atomic mass is 19.1. The average molecular weight is 346 g/mol. The zero-order chi connectivity index (χ0) is 17.6. The number of hydrogen-bond acceptors (Lipinski definition) is 5. The van der Waals surface area contributed by atoms with Crippen LogP contribution in [0.3, 0.4) is 0 Å². The summed E-state index contributed by atoms with van der Waals surface area (Å²) in [4.78, 5) is 20.5. The lowest BCUT2D eigenvalue weighted by atomic mass is 10.1. The minimum atomic E-state index is -0.179. The van der Waals surface area contributed by atoms with E-state index in [-0.39, 0.29) is 18.1 Å². The number of aryl methyl sites for hydroxylation is 2. The van der Waals surface area contributed by atoms with Crippen molar-refractivity contribution in [2.75, 3.05) is 32.7 Å². The lowest BCUT2D eigenvalue weighted by Gasteiger charge is -2.34. The number of aromatic nitrogens is 2. The van der Waals surface area contributed by atoms with Gasteiger partial charge in [-0.1, -0.05) is 17.3 Å². The Morgan fingerprint density at radius 3 is 2.76 bits per heavy atom. The lowest BCUT2D eigenvalue weighted by molar-refractivity contribution is -0.132. The summed E-state index contributed by atoms with van der Waals surface area (Å²) in [6.07, 6.45) is 2.05. The number of hydrogen-bond donors (Lipinski definition) is 0. The molecule has 2 aromatic rings. The fourth-order valence-electron chi connectivity index (χ4n) is 3.08. The maximum Gasteiger partial charge on any atom is 0.230 e. The highest BCUT2D eigenvalue weighted by Gasteiger charge is 2.22. The van der Waals surface area contributed by atoms with E-state index in [2.05, 4.69) is 15.0 Å². The predicted molar refractivity (Wildman–Crippen MR) is 90.5 cm³/mol. The van der Waals surface area contributed by atoms with Gasteiger partial charge < -0.3 is 9.42 Å². The van der Waals surface area contributed by atoms with Crippen molar-refractivity contribution in [2.24, 2.45) is 0 Å². The average Bonchev–Trinajstić information content (AvgIpc) is 3.00. The van der Waals surface area contributed by atoms with Crippen LogP contribution < -0.4 is 0 Å². The van der Waals surface area contributed by atoms with Gasteiger partial charge in [0, 0.05) is 33.1 Å². The number of rotatable bonds is 6. The predicted octanol–water partition coefficient (Wildman–Crippen LogP) is 1.84. The summed E-state index contributed by atoms with van der Waals surface area (Å²) >= 11 is 0. The van der Waals surface area contributed by atoms with Gasteiger partial charge in [0.25, 0.3) is 0 Å². The number of carbonyl (C=O) groups is 1. The summed E-state index contributed by atoms with van der Waals surface area (Å²) < 4.78 is 18.1. The van der Waals surface area contributed by atoms with Crippen LogP contribution in [0.5, 0.6) is 0 Å². The van der Waals surface area contributed by atoms with Crippen LogP contribution in [-0.4, -0.2) is 58.6 Å². The smallest absolute Gasteiger partial charge is 0.230 e. The normalized spacial score (nSPS) is 15.5. The maximum atomic E-state index is 13.2. The fourth-order valence-corrected chi connectivity index (χ4v) is 3.08. The highest BCUT2D eigenvalue weighted by Crippen LogP contribution is 2.09. The van der Waals surface area contributed by atoms with E-state index in [0.717, 1.165) is 51.1 Å². The van der Waals surface area contributed by atoms with Gasteiger partial charge in [-0.15, -0.1) is 0 Å². The Labute approximate surface area is 146 Å². The molecule has 2 heterocycles. The number of piperazine rings is 1. The van der Waals surface area contributed by atoms with E-state index < -0.39 is 0 Å². The molecule has 0 bridgehead atoms. The Morgan fingerprint density at radius 2 is 2.08 bits per heavy atom. The molecular weight excluding hydrogens is 323 g/mol. The van der Waals surface area contributed by atoms with Crippen LogP contribution in [0.4, 0.5) is 4.39 Å². The Bertz CT molecular complexity index is 711. The Kier molecular flexibility index (Phi) is 5.75. The van der Waals surface area contributed by atoms with Gasteiger partial charge in [-0.05, 0) is 37.1 Å². The van der Waals surface area contributed by atoms with Gasteiger partial charge >= 0.3 is 0 Å². The standard InChI is InChI=1S/C18H23FN4O2/c1-14-20-17(21-25-14)13-18(24)23-10-8-22(9-11-23)7-3-5-15-4-2-6-16(19)12-15/h2,4,6,12H,3,5,7-11,13H2,1H3. The van der Waals surface area contributed by atoms with Gasteiger partial charge in [-0.25, -0.2) is 4.39 Å². The second-order valence-corrected chi connectivity index (χ2v) is 6.36. The van der Waals surface area contributed by atoms with Gasteiger partial charge in [0.2, 0.25) is 11.8 Å². The molecule has 1 aliphatic rings. The van der Waals surface area contributed by atoms with Gasteiger partial charge in [0.15, 0.2) is 5.82 Å². The minimum absolute atomic E-state index is 0.0419. The molecule has 0 saturated carbocycles. The summed E-state index contributed by atoms with van der Waals surface area (Å²) in [5.41, 5.74) is 1.03. The van der Waals surface area contributed by atoms with E-state index in [4.69, 9.17) is 4.52 Å². The van der Waals surface area contributed by atoms with Crippen molar-refractivity contribution in [2.45, 2.75) is 26.2 Å². The van der Waals surface area contributed by atoms with Crippen LogP contribution in [0, 0.1) is 12.7 Å². The molecule has 0 atom stereocenters. The van der Waals surface area contributed by atoms with Crippen molar-refractivity contribution in [1.29, 1.82) is 0 Å². The number of halogens is 1. The first-order chi connectivity index (χ1) is 12.1. The Balaban J connectivity index is 1.37. The van der Waals surface area contributed by atoms with Crippen molar-refractivity contribution in [3.05, 3.63) is 47.4 Å². The highest BCUT2D eigenvalue weighted by molar-refractivity contribution is 5.78. The van der Waals surface area contributed by atoms with Gasteiger partial charge in [-0.3, -0.25) is 9.69 Å². The van der Waals surface area contributed by atoms with Crippen LogP contribution in [-0.2, 0) is 17.6 Å². The van der Waals surface area contributed by atoms with E-state index >= 15 is 0 Å². The molecule has 1 saturated heterocycles. The molecule has 3 rings (SSSR count). The number of carbonyl (C=O) groups excluding carboxylic acids is 1. The van der Waals surface area contributed by atoms with Gasteiger partial charge in [0.05, 0.1) is 6.42 Å². The van der Waals surface area contributed by atoms with E-state index in [1.54, 1.807) is 19.1 Å². The summed E-state index contributed by atoms with van der Waals surface area (Å²) in [6, 6.07) is 6.77. The number of nitrogens with zero attached hydrogens (tertiary/aromatic N) is 4. The zero-order valence-electron chi connectivity index (χ0n) is 14.4. The third-order valence-electron chi connectivity index (χ3n) is 4.43. The van der Waals surface area contributed by atoms with E-state index in [0.29, 0.717) is 11.7 Å². The summed E-state index contributed by atoms with van der Waals surface area (Å²) in [5, 5.41) is 3.77. The number of amides is 1. The minimum Gasteiger partial charge on any atom is -0.340 e. The molecule has 134 valence electrons. The molecule has 0 aliphatic carbocycles. The zero-order valence-corrected chi connectivity index (χ0v) is 14.4. The van der Waals surface area contributed by atoms with E-state index in [9.17, 15) is 9.18 Å². The van der Waals surface area contributed by atoms with Gasteiger partial charge in [-0.2, -0.15) is 4.98 Å². The molecule has 0 radical (unpaired) electrons. The van der Waals surface area contributed by atoms with Crippen LogP contribution >= 0.6 is 0 Å². The van der Waals surface area contributed by atoms with E-state index in [1.165, 1.54) is 6.07 Å². The third kappa shape index (κ3) is 5.09. The Morgan fingerprint density at radius 1 is 1.28 bits per heavy atom. The molecular formula is C18H23FN4O2. The molecule has 0 N–H and O–H groups in total. The molecule has 0 unspecified atom stereocenters. The van der Waals surface area contributed by atoms with Gasteiger partial charge in [0.1, 0.15) is 5.82 Å². The van der Waals surface area contributed by atoms with Crippen LogP contribution in [0.15, 0.2) is 28.8 Å². The van der Waals surface area contributed by atoms with E-state index in [1.807, 2.05) is 11.0 Å². The summed E-state index contributed by atoms with van der Waals surface area (Å²) in [5.74, 6) is 0.785. The first-order valence-corrected chi connectivity index (χ1v) is 8.64. The summed E-state index contributed by atoms with van der Waals surface area (Å²) in [7, 11) is 0. The van der Waals surface area contributed by atoms with Crippen molar-refractivity contribution in [1.82, 2.24) is 19.9 Å². The molecule has 0 spiro atoms. The lowest BCUT2D eigenvalue weighted by Crippen LogP contribution is -2.49. The van der Waals surface area contributed by atoms with Crippen LogP contribution in [0.1, 0.15) is 23.7 Å². The van der Waals surface area contributed by atoms with Crippen molar-refractivity contribution in [3.63, 3.8) is 0 Å². The van der Waals surface area contributed by atoms with Crippen molar-refractivity contribution < 1.29 is 13.7 Å². The SMILES string of the molecule is Cc1nc(CC(=O)N2CCN(CCCc3cccc(F)c3)CC2)no1. The first kappa shape index (κ1) is 17.5. The summed E-state index contributed by atoms with van der Waals surface area (Å²) in [6.45, 7) is 5.83. The quantitative estimate of drug-likeness (QED) is 0.799. The largest absolute Gasteiger partial charge is 0.340 e. The topological polar surface area (TPSA) is 62.5 Å². The third-order valence-corrected chi connectivity index (χ3v) is 4.43. The molecule has 6 nitrogen and oxygen atoms in total. The molecule has 1 amide bonds. The molecule has 1 aromatic carbocycles. The molecule has 25 heavy (non-hydrogen) atoms. The molecule has 1 aliphatic heterocycles. The van der Waals surface area contributed by atoms with Crippen molar-refractivity contribution >= 4 is 5.91 Å². The van der Waals surface area contributed by atoms with Crippen LogP contribution in [0.25, 0.3) is 0 Å². The first-order valence-electron chi connectivity index (χ1n) is 8.64. The molecule has 1 fully saturated rings. The monoisotopic (exact) mass is 346 g/mol. The fraction of sp³-hybridized carbons (Fsp3) is 0.500. The van der Waals surface area contributed by atoms with Crippen LogP contribution in [0.2, 0.25) is 0 Å². The number of benzene rings is 1. The maximum absolute atomic E-state index is 13.2.